The Morgan fingerprint density at radius 3 is 2.81 bits per heavy atom. The van der Waals surface area contributed by atoms with Gasteiger partial charge in [-0.2, -0.15) is 0 Å². The van der Waals surface area contributed by atoms with Gasteiger partial charge >= 0.3 is 0 Å². The molecule has 0 saturated carbocycles. The number of nitrogens with zero attached hydrogens (tertiary/aromatic N) is 4. The van der Waals surface area contributed by atoms with Crippen LogP contribution in [-0.4, -0.2) is 79.1 Å². The van der Waals surface area contributed by atoms with Gasteiger partial charge in [0.15, 0.2) is 4.34 Å². The molecule has 0 aromatic carbocycles. The van der Waals surface area contributed by atoms with Crippen molar-refractivity contribution in [2.45, 2.75) is 4.34 Å². The summed E-state index contributed by atoms with van der Waals surface area (Å²) in [6, 6.07) is 3.76. The molecule has 0 aliphatic carbocycles. The Morgan fingerprint density at radius 2 is 2.11 bits per heavy atom. The zero-order valence-electron chi connectivity index (χ0n) is 14.9. The van der Waals surface area contributed by atoms with E-state index in [1.54, 1.807) is 7.11 Å². The number of amides is 2. The molecule has 0 atom stereocenters. The highest BCUT2D eigenvalue weighted by Crippen LogP contribution is 2.28. The van der Waals surface area contributed by atoms with Crippen molar-refractivity contribution in [1.29, 1.82) is 0 Å². The van der Waals surface area contributed by atoms with Gasteiger partial charge in [0, 0.05) is 39.8 Å². The van der Waals surface area contributed by atoms with E-state index in [0.29, 0.717) is 32.0 Å². The highest BCUT2D eigenvalue weighted by Gasteiger charge is 2.24. The average molecular weight is 428 g/mol. The lowest BCUT2D eigenvalue weighted by Gasteiger charge is -2.34. The van der Waals surface area contributed by atoms with Crippen LogP contribution < -0.4 is 10.2 Å². The minimum Gasteiger partial charge on any atom is -0.383 e. The minimum atomic E-state index is -0.0468. The summed E-state index contributed by atoms with van der Waals surface area (Å²) in [7, 11) is 1.60. The number of methoxy groups -OCH3 is 1. The highest BCUT2D eigenvalue weighted by molar-refractivity contribution is 8.01. The number of carbonyl (C=O) groups is 2. The Bertz CT molecular complexity index is 744. The summed E-state index contributed by atoms with van der Waals surface area (Å²) < 4.78 is 5.67. The molecule has 1 saturated heterocycles. The van der Waals surface area contributed by atoms with Crippen molar-refractivity contribution in [3.05, 3.63) is 22.4 Å². The van der Waals surface area contributed by atoms with Crippen LogP contribution in [0.15, 0.2) is 21.9 Å². The number of ether oxygens (including phenoxy) is 1. The Hall–Kier alpha value is -1.69. The molecule has 8 nitrogen and oxygen atoms in total. The fourth-order valence-electron chi connectivity index (χ4n) is 2.52. The number of carbonyl (C=O) groups excluding carboxylic acids is 2. The molecule has 2 amide bonds. The van der Waals surface area contributed by atoms with E-state index in [0.717, 1.165) is 27.4 Å². The molecule has 3 heterocycles. The molecule has 1 fully saturated rings. The molecule has 1 aliphatic rings. The zero-order chi connectivity index (χ0) is 19.1. The fraction of sp³-hybridized carbons (Fsp3) is 0.500. The van der Waals surface area contributed by atoms with Gasteiger partial charge in [-0.05, 0) is 11.4 Å². The lowest BCUT2D eigenvalue weighted by Crippen LogP contribution is -2.48. The molecule has 0 spiro atoms. The van der Waals surface area contributed by atoms with Gasteiger partial charge in [0.2, 0.25) is 11.0 Å². The number of rotatable bonds is 8. The largest absolute Gasteiger partial charge is 0.383 e. The lowest BCUT2D eigenvalue weighted by atomic mass is 10.3. The standard InChI is InChI=1S/C16H21N5O3S3/c1-24-9-4-17-13(22)11-26-16-19-18-15(27-16)21-7-5-20(6-8-21)14(23)12-3-2-10-25-12/h2-3,10H,4-9,11H2,1H3,(H,17,22). The van der Waals surface area contributed by atoms with Gasteiger partial charge < -0.3 is 19.9 Å². The van der Waals surface area contributed by atoms with Crippen LogP contribution in [0.1, 0.15) is 9.67 Å². The second-order valence-corrected chi connectivity index (χ2v) is 8.86. The van der Waals surface area contributed by atoms with Crippen LogP contribution in [0.3, 0.4) is 0 Å². The van der Waals surface area contributed by atoms with Crippen LogP contribution >= 0.6 is 34.4 Å². The summed E-state index contributed by atoms with van der Waals surface area (Å²) in [5, 5.41) is 13.9. The topological polar surface area (TPSA) is 87.7 Å². The van der Waals surface area contributed by atoms with E-state index >= 15 is 0 Å². The number of thioether (sulfide) groups is 1. The first-order valence-electron chi connectivity index (χ1n) is 8.47. The quantitative estimate of drug-likeness (QED) is 0.503. The van der Waals surface area contributed by atoms with Crippen LogP contribution in [0.4, 0.5) is 5.13 Å². The summed E-state index contributed by atoms with van der Waals surface area (Å²) >= 11 is 4.33. The molecule has 11 heteroatoms. The predicted octanol–water partition coefficient (Wildman–Crippen LogP) is 1.42. The maximum Gasteiger partial charge on any atom is 0.264 e. The first kappa shape index (κ1) is 20.1. The summed E-state index contributed by atoms with van der Waals surface area (Å²) in [6.45, 7) is 3.80. The Balaban J connectivity index is 1.44. The van der Waals surface area contributed by atoms with Gasteiger partial charge in [0.05, 0.1) is 17.2 Å². The number of anilines is 1. The van der Waals surface area contributed by atoms with Gasteiger partial charge in [-0.15, -0.1) is 21.5 Å². The predicted molar refractivity (Wildman–Crippen MR) is 108 cm³/mol. The van der Waals surface area contributed by atoms with E-state index in [9.17, 15) is 9.59 Å². The van der Waals surface area contributed by atoms with E-state index in [2.05, 4.69) is 20.4 Å². The van der Waals surface area contributed by atoms with Crippen LogP contribution in [0.25, 0.3) is 0 Å². The third-order valence-corrected chi connectivity index (χ3v) is 6.90. The van der Waals surface area contributed by atoms with Crippen LogP contribution in [0, 0.1) is 0 Å². The molecule has 27 heavy (non-hydrogen) atoms. The second kappa shape index (κ2) is 10.0. The van der Waals surface area contributed by atoms with Crippen molar-refractivity contribution in [2.24, 2.45) is 0 Å². The summed E-state index contributed by atoms with van der Waals surface area (Å²) in [4.78, 5) is 28.9. The van der Waals surface area contributed by atoms with Gasteiger partial charge in [-0.25, -0.2) is 0 Å². The molecule has 0 bridgehead atoms. The maximum absolute atomic E-state index is 12.4. The van der Waals surface area contributed by atoms with E-state index < -0.39 is 0 Å². The molecular weight excluding hydrogens is 406 g/mol. The van der Waals surface area contributed by atoms with Crippen molar-refractivity contribution < 1.29 is 14.3 Å². The summed E-state index contributed by atoms with van der Waals surface area (Å²) in [5.74, 6) is 0.355. The lowest BCUT2D eigenvalue weighted by molar-refractivity contribution is -0.118. The molecule has 146 valence electrons. The molecule has 0 radical (unpaired) electrons. The Morgan fingerprint density at radius 1 is 1.30 bits per heavy atom. The van der Waals surface area contributed by atoms with E-state index in [-0.39, 0.29) is 11.8 Å². The number of aromatic nitrogens is 2. The Kier molecular flexibility index (Phi) is 7.44. The third-order valence-electron chi connectivity index (χ3n) is 3.92. The zero-order valence-corrected chi connectivity index (χ0v) is 17.4. The molecule has 1 N–H and O–H groups in total. The maximum atomic E-state index is 12.4. The molecule has 0 unspecified atom stereocenters. The highest BCUT2D eigenvalue weighted by atomic mass is 32.2. The number of hydrogen-bond acceptors (Lipinski definition) is 9. The molecule has 3 rings (SSSR count). The Labute approximate surface area is 169 Å². The SMILES string of the molecule is COCCNC(=O)CSc1nnc(N2CCN(C(=O)c3cccs3)CC2)s1. The minimum absolute atomic E-state index is 0.0468. The molecule has 2 aromatic rings. The first-order valence-corrected chi connectivity index (χ1v) is 11.1. The van der Waals surface area contributed by atoms with Crippen molar-refractivity contribution in [3.8, 4) is 0 Å². The number of piperazine rings is 1. The van der Waals surface area contributed by atoms with Crippen LogP contribution in [-0.2, 0) is 9.53 Å². The molecular formula is C16H21N5O3S3. The normalized spacial score (nSPS) is 14.4. The van der Waals surface area contributed by atoms with E-state index in [1.807, 2.05) is 22.4 Å². The van der Waals surface area contributed by atoms with Crippen molar-refractivity contribution >= 4 is 51.4 Å². The van der Waals surface area contributed by atoms with Crippen LogP contribution in [0.5, 0.6) is 0 Å². The first-order chi connectivity index (χ1) is 13.2. The molecule has 2 aromatic heterocycles. The summed E-state index contributed by atoms with van der Waals surface area (Å²) in [5.41, 5.74) is 0. The van der Waals surface area contributed by atoms with Gasteiger partial charge in [0.25, 0.3) is 5.91 Å². The van der Waals surface area contributed by atoms with Crippen molar-refractivity contribution in [3.63, 3.8) is 0 Å². The smallest absolute Gasteiger partial charge is 0.264 e. The van der Waals surface area contributed by atoms with E-state index in [1.165, 1.54) is 34.4 Å². The molecule has 1 aliphatic heterocycles. The van der Waals surface area contributed by atoms with Crippen molar-refractivity contribution in [2.75, 3.05) is 57.1 Å². The summed E-state index contributed by atoms with van der Waals surface area (Å²) in [6.07, 6.45) is 0. The second-order valence-electron chi connectivity index (χ2n) is 5.74. The average Bonchev–Trinajstić information content (AvgIpc) is 3.38. The number of nitrogens with one attached hydrogen (secondary N) is 1. The monoisotopic (exact) mass is 427 g/mol. The van der Waals surface area contributed by atoms with E-state index in [4.69, 9.17) is 4.74 Å². The number of hydrogen-bond donors (Lipinski definition) is 1. The van der Waals surface area contributed by atoms with Gasteiger partial charge in [-0.3, -0.25) is 9.59 Å². The van der Waals surface area contributed by atoms with Crippen molar-refractivity contribution in [1.82, 2.24) is 20.4 Å². The van der Waals surface area contributed by atoms with Gasteiger partial charge in [0.1, 0.15) is 0 Å². The fourth-order valence-corrected chi connectivity index (χ4v) is 4.93. The number of thiophene rings is 1. The third kappa shape index (κ3) is 5.64. The van der Waals surface area contributed by atoms with Gasteiger partial charge in [-0.1, -0.05) is 29.2 Å². The van der Waals surface area contributed by atoms with Crippen LogP contribution in [0.2, 0.25) is 0 Å².